The number of aromatic amines is 1. The molecule has 25 heavy (non-hydrogen) atoms. The molecule has 132 valence electrons. The third-order valence-electron chi connectivity index (χ3n) is 4.75. The fraction of sp³-hybridized carbons (Fsp3) is 0.400. The summed E-state index contributed by atoms with van der Waals surface area (Å²) >= 11 is 0. The summed E-state index contributed by atoms with van der Waals surface area (Å²) in [5.74, 6) is 0.227. The molecule has 0 spiro atoms. The normalized spacial score (nSPS) is 11.4. The summed E-state index contributed by atoms with van der Waals surface area (Å²) in [6.45, 7) is 11.5. The molecule has 3 aromatic rings. The molecule has 0 unspecified atom stereocenters. The van der Waals surface area contributed by atoms with Crippen molar-refractivity contribution in [1.29, 1.82) is 0 Å². The number of aryl methyl sites for hydroxylation is 3. The van der Waals surface area contributed by atoms with Gasteiger partial charge in [-0.2, -0.15) is 5.10 Å². The van der Waals surface area contributed by atoms with E-state index in [-0.39, 0.29) is 5.91 Å². The first-order valence-electron chi connectivity index (χ1n) is 8.84. The molecule has 2 heterocycles. The molecular weight excluding hydrogens is 312 g/mol. The van der Waals surface area contributed by atoms with Crippen LogP contribution >= 0.6 is 0 Å². The number of nitrogens with one attached hydrogen (secondary N) is 2. The van der Waals surface area contributed by atoms with Crippen molar-refractivity contribution in [2.24, 2.45) is 0 Å². The van der Waals surface area contributed by atoms with Crippen molar-refractivity contribution in [1.82, 2.24) is 20.1 Å². The van der Waals surface area contributed by atoms with Crippen LogP contribution in [0, 0.1) is 13.8 Å². The summed E-state index contributed by atoms with van der Waals surface area (Å²) in [5, 5.41) is 8.75. The van der Waals surface area contributed by atoms with E-state index in [0.717, 1.165) is 16.8 Å². The average molecular weight is 338 g/mol. The Balaban J connectivity index is 1.77. The van der Waals surface area contributed by atoms with Crippen LogP contribution in [0.3, 0.4) is 0 Å². The van der Waals surface area contributed by atoms with E-state index >= 15 is 0 Å². The van der Waals surface area contributed by atoms with Gasteiger partial charge in [0.15, 0.2) is 0 Å². The lowest BCUT2D eigenvalue weighted by Gasteiger charge is -2.07. The van der Waals surface area contributed by atoms with Gasteiger partial charge >= 0.3 is 0 Å². The number of aromatic nitrogens is 3. The molecule has 0 atom stereocenters. The molecular formula is C20H26N4O. The molecule has 2 aromatic heterocycles. The zero-order valence-electron chi connectivity index (χ0n) is 15.6. The minimum atomic E-state index is -0.0803. The molecule has 2 N–H and O–H groups in total. The molecule has 0 radical (unpaired) electrons. The minimum absolute atomic E-state index is 0.0803. The number of H-pyrrole nitrogens is 1. The molecule has 0 aliphatic carbocycles. The van der Waals surface area contributed by atoms with Gasteiger partial charge in [0, 0.05) is 29.7 Å². The lowest BCUT2D eigenvalue weighted by molar-refractivity contribution is 0.0940. The molecule has 0 saturated heterocycles. The second-order valence-corrected chi connectivity index (χ2v) is 6.86. The van der Waals surface area contributed by atoms with Gasteiger partial charge in [-0.1, -0.05) is 19.9 Å². The summed E-state index contributed by atoms with van der Waals surface area (Å²) in [6, 6.07) is 8.16. The Morgan fingerprint density at radius 2 is 2.04 bits per heavy atom. The second kappa shape index (κ2) is 6.75. The van der Waals surface area contributed by atoms with E-state index in [1.54, 1.807) is 4.68 Å². The molecule has 3 rings (SSSR count). The Labute approximate surface area is 148 Å². The van der Waals surface area contributed by atoms with Crippen molar-refractivity contribution < 1.29 is 4.79 Å². The van der Waals surface area contributed by atoms with Gasteiger partial charge in [0.2, 0.25) is 0 Å². The van der Waals surface area contributed by atoms with Crippen LogP contribution in [0.15, 0.2) is 24.3 Å². The largest absolute Gasteiger partial charge is 0.358 e. The van der Waals surface area contributed by atoms with Gasteiger partial charge in [0.05, 0.1) is 5.69 Å². The molecule has 5 nitrogen and oxygen atoms in total. The maximum Gasteiger partial charge on any atom is 0.269 e. The average Bonchev–Trinajstić information content (AvgIpc) is 3.15. The molecule has 5 heteroatoms. The van der Waals surface area contributed by atoms with E-state index in [2.05, 4.69) is 61.3 Å². The van der Waals surface area contributed by atoms with Crippen LogP contribution < -0.4 is 5.32 Å². The minimum Gasteiger partial charge on any atom is -0.358 e. The van der Waals surface area contributed by atoms with E-state index in [1.807, 2.05) is 13.0 Å². The maximum atomic E-state index is 12.6. The van der Waals surface area contributed by atoms with Crippen LogP contribution in [0.1, 0.15) is 59.7 Å². The lowest BCUT2D eigenvalue weighted by Crippen LogP contribution is -2.25. The molecule has 0 bridgehead atoms. The van der Waals surface area contributed by atoms with Crippen LogP contribution in [-0.2, 0) is 13.1 Å². The van der Waals surface area contributed by atoms with Gasteiger partial charge in [0.25, 0.3) is 5.91 Å². The van der Waals surface area contributed by atoms with Crippen molar-refractivity contribution in [3.63, 3.8) is 0 Å². The Bertz CT molecular complexity index is 917. The molecule has 1 amide bonds. The summed E-state index contributed by atoms with van der Waals surface area (Å²) in [4.78, 5) is 16.0. The molecule has 0 saturated carbocycles. The second-order valence-electron chi connectivity index (χ2n) is 6.86. The topological polar surface area (TPSA) is 62.7 Å². The van der Waals surface area contributed by atoms with Crippen molar-refractivity contribution in [3.8, 4) is 0 Å². The molecule has 0 fully saturated rings. The maximum absolute atomic E-state index is 12.6. The molecule has 0 aliphatic heterocycles. The highest BCUT2D eigenvalue weighted by atomic mass is 16.2. The first kappa shape index (κ1) is 17.3. The number of hydrogen-bond acceptors (Lipinski definition) is 2. The summed E-state index contributed by atoms with van der Waals surface area (Å²) in [6.07, 6.45) is 0. The summed E-state index contributed by atoms with van der Waals surface area (Å²) < 4.78 is 1.77. The number of amides is 1. The zero-order valence-corrected chi connectivity index (χ0v) is 15.6. The van der Waals surface area contributed by atoms with Crippen LogP contribution in [-0.4, -0.2) is 20.7 Å². The Morgan fingerprint density at radius 1 is 1.28 bits per heavy atom. The van der Waals surface area contributed by atoms with Gasteiger partial charge in [-0.15, -0.1) is 0 Å². The number of benzene rings is 1. The van der Waals surface area contributed by atoms with Crippen LogP contribution in [0.4, 0.5) is 0 Å². The van der Waals surface area contributed by atoms with Gasteiger partial charge in [-0.3, -0.25) is 9.48 Å². The SMILES string of the molecule is CCn1nc(C(C)C)cc1C(=O)NCc1ccc2[nH]c(C)c(C)c2c1. The van der Waals surface area contributed by atoms with Crippen molar-refractivity contribution in [2.75, 3.05) is 0 Å². The molecule has 0 aliphatic rings. The Kier molecular flexibility index (Phi) is 4.66. The van der Waals surface area contributed by atoms with E-state index in [9.17, 15) is 4.79 Å². The van der Waals surface area contributed by atoms with Gasteiger partial charge in [0.1, 0.15) is 5.69 Å². The standard InChI is InChI=1S/C20H26N4O/c1-6-24-19(10-18(23-24)12(2)3)20(25)21-11-15-7-8-17-16(9-15)13(4)14(5)22-17/h7-10,12,22H,6,11H2,1-5H3,(H,21,25). The van der Waals surface area contributed by atoms with E-state index in [1.165, 1.54) is 16.6 Å². The smallest absolute Gasteiger partial charge is 0.269 e. The predicted octanol–water partition coefficient (Wildman–Crippen LogP) is 4.05. The quantitative estimate of drug-likeness (QED) is 0.737. The highest BCUT2D eigenvalue weighted by Gasteiger charge is 2.16. The highest BCUT2D eigenvalue weighted by Crippen LogP contribution is 2.22. The zero-order chi connectivity index (χ0) is 18.1. The molecule has 1 aromatic carbocycles. The summed E-state index contributed by atoms with van der Waals surface area (Å²) in [7, 11) is 0. The van der Waals surface area contributed by atoms with Crippen LogP contribution in [0.25, 0.3) is 10.9 Å². The number of carbonyl (C=O) groups excluding carboxylic acids is 1. The number of hydrogen-bond donors (Lipinski definition) is 2. The van der Waals surface area contributed by atoms with E-state index in [0.29, 0.717) is 24.7 Å². The number of rotatable bonds is 5. The van der Waals surface area contributed by atoms with Gasteiger partial charge in [-0.25, -0.2) is 0 Å². The van der Waals surface area contributed by atoms with Crippen molar-refractivity contribution in [3.05, 3.63) is 52.5 Å². The van der Waals surface area contributed by atoms with Gasteiger partial charge < -0.3 is 10.3 Å². The number of fused-ring (bicyclic) bond motifs is 1. The first-order chi connectivity index (χ1) is 11.9. The Hall–Kier alpha value is -2.56. The number of carbonyl (C=O) groups is 1. The first-order valence-corrected chi connectivity index (χ1v) is 8.84. The fourth-order valence-corrected chi connectivity index (χ4v) is 3.03. The van der Waals surface area contributed by atoms with Gasteiger partial charge in [-0.05, 0) is 56.0 Å². The third-order valence-corrected chi connectivity index (χ3v) is 4.75. The van der Waals surface area contributed by atoms with E-state index < -0.39 is 0 Å². The van der Waals surface area contributed by atoms with Crippen molar-refractivity contribution >= 4 is 16.8 Å². The van der Waals surface area contributed by atoms with Crippen LogP contribution in [0.2, 0.25) is 0 Å². The lowest BCUT2D eigenvalue weighted by atomic mass is 10.1. The van der Waals surface area contributed by atoms with Crippen LogP contribution in [0.5, 0.6) is 0 Å². The monoisotopic (exact) mass is 338 g/mol. The van der Waals surface area contributed by atoms with Crippen molar-refractivity contribution in [2.45, 2.75) is 53.6 Å². The highest BCUT2D eigenvalue weighted by molar-refractivity contribution is 5.92. The summed E-state index contributed by atoms with van der Waals surface area (Å²) in [5.41, 5.74) is 6.25. The Morgan fingerprint density at radius 3 is 2.72 bits per heavy atom. The van der Waals surface area contributed by atoms with E-state index in [4.69, 9.17) is 0 Å². The third kappa shape index (κ3) is 3.31. The predicted molar refractivity (Wildman–Crippen MR) is 101 cm³/mol. The fourth-order valence-electron chi connectivity index (χ4n) is 3.03. The number of nitrogens with zero attached hydrogens (tertiary/aromatic N) is 2.